The Morgan fingerprint density at radius 2 is 1.77 bits per heavy atom. The number of amides is 1. The van der Waals surface area contributed by atoms with Crippen molar-refractivity contribution in [2.75, 3.05) is 31.0 Å². The molecule has 0 aliphatic carbocycles. The van der Waals surface area contributed by atoms with E-state index in [-0.39, 0.29) is 24.3 Å². The van der Waals surface area contributed by atoms with Crippen LogP contribution in [0.2, 0.25) is 0 Å². The number of nitrogens with one attached hydrogen (secondary N) is 2. The molecule has 0 radical (unpaired) electrons. The third-order valence-corrected chi connectivity index (χ3v) is 5.04. The molecule has 0 aromatic heterocycles. The number of halogens is 2. The lowest BCUT2D eigenvalue weighted by molar-refractivity contribution is -0.138. The molecule has 31 heavy (non-hydrogen) atoms. The van der Waals surface area contributed by atoms with Gasteiger partial charge < -0.3 is 15.4 Å². The lowest BCUT2D eigenvalue weighted by atomic mass is 9.99. The van der Waals surface area contributed by atoms with Gasteiger partial charge in [-0.05, 0) is 48.3 Å². The van der Waals surface area contributed by atoms with Crippen LogP contribution >= 0.6 is 11.8 Å². The molecule has 0 aliphatic rings. The van der Waals surface area contributed by atoms with Gasteiger partial charge in [-0.1, -0.05) is 12.1 Å². The summed E-state index contributed by atoms with van der Waals surface area (Å²) in [5, 5.41) is 5.54. The summed E-state index contributed by atoms with van der Waals surface area (Å²) in [6, 6.07) is 8.69. The van der Waals surface area contributed by atoms with Crippen LogP contribution < -0.4 is 10.6 Å². The Morgan fingerprint density at radius 1 is 1.10 bits per heavy atom. The maximum absolute atomic E-state index is 13.4. The number of carbonyl (C=O) groups excluding carboxylic acids is 3. The van der Waals surface area contributed by atoms with Crippen LogP contribution in [0.1, 0.15) is 22.3 Å². The second-order valence-corrected chi connectivity index (χ2v) is 7.68. The number of carbonyl (C=O) groups is 3. The van der Waals surface area contributed by atoms with Gasteiger partial charge in [0.15, 0.2) is 5.78 Å². The van der Waals surface area contributed by atoms with Crippen LogP contribution in [0.3, 0.4) is 0 Å². The minimum Gasteiger partial charge on any atom is -0.468 e. The third kappa shape index (κ3) is 7.67. The average molecular weight is 451 g/mol. The number of rotatable bonds is 11. The van der Waals surface area contributed by atoms with E-state index in [4.69, 9.17) is 0 Å². The highest BCUT2D eigenvalue weighted by atomic mass is 32.2. The average Bonchev–Trinajstić information content (AvgIpc) is 2.73. The first-order valence-electron chi connectivity index (χ1n) is 9.51. The Balaban J connectivity index is 2.16. The molecule has 9 heteroatoms. The molecule has 2 aromatic rings. The van der Waals surface area contributed by atoms with Crippen LogP contribution in [0, 0.1) is 11.6 Å². The van der Waals surface area contributed by atoms with Crippen LogP contribution in [0.25, 0.3) is 0 Å². The highest BCUT2D eigenvalue weighted by Crippen LogP contribution is 2.19. The van der Waals surface area contributed by atoms with Gasteiger partial charge in [0, 0.05) is 17.3 Å². The molecule has 2 aromatic carbocycles. The molecule has 0 aliphatic heterocycles. The zero-order valence-electron chi connectivity index (χ0n) is 17.2. The Morgan fingerprint density at radius 3 is 2.42 bits per heavy atom. The van der Waals surface area contributed by atoms with Gasteiger partial charge in [-0.15, -0.1) is 0 Å². The smallest absolute Gasteiger partial charge is 0.325 e. The maximum atomic E-state index is 13.4. The summed E-state index contributed by atoms with van der Waals surface area (Å²) >= 11 is 1.52. The lowest BCUT2D eigenvalue weighted by Gasteiger charge is -2.19. The first-order valence-corrected chi connectivity index (χ1v) is 10.9. The normalized spacial score (nSPS) is 11.5. The lowest BCUT2D eigenvalue weighted by Crippen LogP contribution is -2.42. The Hall–Kier alpha value is -2.94. The van der Waals surface area contributed by atoms with E-state index >= 15 is 0 Å². The molecule has 0 fully saturated rings. The summed E-state index contributed by atoms with van der Waals surface area (Å²) in [7, 11) is 1.26. The summed E-state index contributed by atoms with van der Waals surface area (Å²) in [5.74, 6) is -2.28. The van der Waals surface area contributed by atoms with Crippen molar-refractivity contribution < 1.29 is 27.9 Å². The number of thioether (sulfide) groups is 1. The predicted octanol–water partition coefficient (Wildman–Crippen LogP) is 3.21. The number of ketones is 1. The van der Waals surface area contributed by atoms with Gasteiger partial charge in [-0.3, -0.25) is 14.4 Å². The van der Waals surface area contributed by atoms with E-state index in [0.29, 0.717) is 23.4 Å². The van der Waals surface area contributed by atoms with Crippen LogP contribution in [0.4, 0.5) is 14.5 Å². The minimum absolute atomic E-state index is 0.117. The summed E-state index contributed by atoms with van der Waals surface area (Å²) in [6.45, 7) is -0.117. The van der Waals surface area contributed by atoms with E-state index in [1.165, 1.54) is 18.9 Å². The second-order valence-electron chi connectivity index (χ2n) is 6.70. The fraction of sp³-hybridized carbons (Fsp3) is 0.318. The number of Topliss-reactive ketones (excluding diaryl/α,β-unsaturated/α-hetero) is 1. The summed E-state index contributed by atoms with van der Waals surface area (Å²) < 4.78 is 31.4. The quantitative estimate of drug-likeness (QED) is 0.404. The van der Waals surface area contributed by atoms with Crippen molar-refractivity contribution in [1.82, 2.24) is 5.32 Å². The van der Waals surface area contributed by atoms with E-state index in [9.17, 15) is 23.2 Å². The van der Waals surface area contributed by atoms with Crippen LogP contribution in [0.15, 0.2) is 42.5 Å². The van der Waals surface area contributed by atoms with Crippen molar-refractivity contribution in [3.05, 3.63) is 65.2 Å². The molecule has 0 spiro atoms. The van der Waals surface area contributed by atoms with Gasteiger partial charge in [-0.25, -0.2) is 8.78 Å². The molecule has 1 amide bonds. The molecule has 0 saturated heterocycles. The molecule has 6 nitrogen and oxygen atoms in total. The maximum Gasteiger partial charge on any atom is 0.325 e. The van der Waals surface area contributed by atoms with Gasteiger partial charge in [0.25, 0.3) is 0 Å². The fourth-order valence-electron chi connectivity index (χ4n) is 2.93. The molecule has 0 unspecified atom stereocenters. The van der Waals surface area contributed by atoms with Crippen molar-refractivity contribution in [2.45, 2.75) is 18.9 Å². The largest absolute Gasteiger partial charge is 0.468 e. The number of methoxy groups -OCH3 is 1. The summed E-state index contributed by atoms with van der Waals surface area (Å²) in [4.78, 5) is 37.1. The number of para-hydroxylation sites is 1. The van der Waals surface area contributed by atoms with E-state index in [1.807, 2.05) is 6.26 Å². The van der Waals surface area contributed by atoms with E-state index in [2.05, 4.69) is 15.4 Å². The zero-order chi connectivity index (χ0) is 22.8. The number of hydrogen-bond acceptors (Lipinski definition) is 6. The van der Waals surface area contributed by atoms with Crippen molar-refractivity contribution in [1.29, 1.82) is 0 Å². The second kappa shape index (κ2) is 12.0. The molecular formula is C22H24F2N2O4S. The highest BCUT2D eigenvalue weighted by Gasteiger charge is 2.24. The summed E-state index contributed by atoms with van der Waals surface area (Å²) in [6.07, 6.45) is 1.99. The van der Waals surface area contributed by atoms with Crippen molar-refractivity contribution >= 4 is 35.1 Å². The first-order chi connectivity index (χ1) is 14.8. The minimum atomic E-state index is -0.834. The van der Waals surface area contributed by atoms with Crippen LogP contribution in [0.5, 0.6) is 0 Å². The third-order valence-electron chi connectivity index (χ3n) is 4.39. The van der Waals surface area contributed by atoms with Crippen LogP contribution in [-0.2, 0) is 20.7 Å². The number of benzene rings is 2. The molecule has 2 N–H and O–H groups in total. The number of ether oxygens (including phenoxy) is 1. The van der Waals surface area contributed by atoms with E-state index < -0.39 is 29.6 Å². The van der Waals surface area contributed by atoms with Gasteiger partial charge >= 0.3 is 5.97 Å². The Bertz CT molecular complexity index is 919. The molecular weight excluding hydrogens is 426 g/mol. The molecule has 2 rings (SSSR count). The Labute approximate surface area is 183 Å². The SMILES string of the molecule is COC(=O)CNc1ccccc1C(=O)[C@H](CCSC)NC(=O)Cc1cc(F)cc(F)c1. The van der Waals surface area contributed by atoms with Crippen molar-refractivity contribution in [3.8, 4) is 0 Å². The monoisotopic (exact) mass is 450 g/mol. The van der Waals surface area contributed by atoms with Crippen molar-refractivity contribution in [3.63, 3.8) is 0 Å². The van der Waals surface area contributed by atoms with Gasteiger partial charge in [-0.2, -0.15) is 11.8 Å². The topological polar surface area (TPSA) is 84.5 Å². The zero-order valence-corrected chi connectivity index (χ0v) is 18.1. The molecule has 0 bridgehead atoms. The summed E-state index contributed by atoms with van der Waals surface area (Å²) in [5.41, 5.74) is 0.925. The molecule has 1 atom stereocenters. The number of esters is 1. The first kappa shape index (κ1) is 24.3. The van der Waals surface area contributed by atoms with Gasteiger partial charge in [0.05, 0.1) is 19.6 Å². The van der Waals surface area contributed by atoms with E-state index in [1.54, 1.807) is 24.3 Å². The molecule has 0 heterocycles. The predicted molar refractivity (Wildman–Crippen MR) is 116 cm³/mol. The molecule has 166 valence electrons. The number of hydrogen-bond donors (Lipinski definition) is 2. The van der Waals surface area contributed by atoms with Gasteiger partial charge in [0.1, 0.15) is 18.2 Å². The Kier molecular flexibility index (Phi) is 9.45. The fourth-order valence-corrected chi connectivity index (χ4v) is 3.40. The van der Waals surface area contributed by atoms with E-state index in [0.717, 1.165) is 18.2 Å². The van der Waals surface area contributed by atoms with Gasteiger partial charge in [0.2, 0.25) is 5.91 Å². The number of anilines is 1. The highest BCUT2D eigenvalue weighted by molar-refractivity contribution is 7.98. The van der Waals surface area contributed by atoms with Crippen molar-refractivity contribution in [2.24, 2.45) is 0 Å². The van der Waals surface area contributed by atoms with Crippen LogP contribution in [-0.4, -0.2) is 49.4 Å². The standard InChI is InChI=1S/C22H24F2N2O4S/c1-30-21(28)13-25-18-6-4-3-5-17(18)22(29)19(7-8-31-2)26-20(27)11-14-9-15(23)12-16(24)10-14/h3-6,9-10,12,19,25H,7-8,11,13H2,1-2H3,(H,26,27)/t19-/m0/s1. The molecule has 0 saturated carbocycles.